The van der Waals surface area contributed by atoms with Crippen LogP contribution in [0.15, 0.2) is 48.7 Å². The number of halogens is 2. The molecule has 128 valence electrons. The van der Waals surface area contributed by atoms with Crippen LogP contribution in [0.4, 0.5) is 23.1 Å². The highest BCUT2D eigenvalue weighted by Gasteiger charge is 2.07. The average molecular weight is 375 g/mol. The second-order valence-corrected chi connectivity index (χ2v) is 6.16. The summed E-state index contributed by atoms with van der Waals surface area (Å²) < 4.78 is 5.36. The first-order valence-corrected chi connectivity index (χ1v) is 8.27. The molecule has 0 bridgehead atoms. The van der Waals surface area contributed by atoms with Gasteiger partial charge >= 0.3 is 0 Å². The molecular formula is C18H16Cl2N4O. The molecule has 5 nitrogen and oxygen atoms in total. The summed E-state index contributed by atoms with van der Waals surface area (Å²) in [7, 11) is 1.62. The van der Waals surface area contributed by atoms with E-state index >= 15 is 0 Å². The van der Waals surface area contributed by atoms with Gasteiger partial charge in [0.25, 0.3) is 0 Å². The molecule has 0 atom stereocenters. The van der Waals surface area contributed by atoms with Crippen LogP contribution >= 0.6 is 23.2 Å². The van der Waals surface area contributed by atoms with E-state index in [1.165, 1.54) is 0 Å². The number of nitrogens with zero attached hydrogens (tertiary/aromatic N) is 2. The minimum atomic E-state index is 0.453. The highest BCUT2D eigenvalue weighted by molar-refractivity contribution is 6.42. The third-order valence-corrected chi connectivity index (χ3v) is 4.19. The highest BCUT2D eigenvalue weighted by Crippen LogP contribution is 2.29. The minimum Gasteiger partial charge on any atom is -0.495 e. The Bertz CT molecular complexity index is 902. The van der Waals surface area contributed by atoms with Gasteiger partial charge in [-0.3, -0.25) is 0 Å². The van der Waals surface area contributed by atoms with Gasteiger partial charge in [0.2, 0.25) is 5.95 Å². The number of nitrogens with one attached hydrogen (secondary N) is 2. The average Bonchev–Trinajstić information content (AvgIpc) is 2.59. The summed E-state index contributed by atoms with van der Waals surface area (Å²) in [5.41, 5.74) is 2.69. The standard InChI is InChI=1S/C18H16Cl2N4O/c1-11-3-6-16(25-2)15(9-11)23-18-21-8-7-17(24-18)22-12-4-5-13(19)14(20)10-12/h3-10H,1-2H3,(H2,21,22,23,24). The molecule has 0 aliphatic heterocycles. The van der Waals surface area contributed by atoms with E-state index in [9.17, 15) is 0 Å². The number of hydrogen-bond acceptors (Lipinski definition) is 5. The normalized spacial score (nSPS) is 10.4. The van der Waals surface area contributed by atoms with Crippen LogP contribution in [0.5, 0.6) is 5.75 Å². The van der Waals surface area contributed by atoms with Crippen molar-refractivity contribution in [1.29, 1.82) is 0 Å². The quantitative estimate of drug-likeness (QED) is 0.609. The maximum absolute atomic E-state index is 6.04. The molecule has 0 radical (unpaired) electrons. The van der Waals surface area contributed by atoms with Crippen LogP contribution in [0.1, 0.15) is 5.56 Å². The van der Waals surface area contributed by atoms with Crippen LogP contribution in [-0.4, -0.2) is 17.1 Å². The van der Waals surface area contributed by atoms with E-state index in [1.807, 2.05) is 31.2 Å². The number of methoxy groups -OCH3 is 1. The Kier molecular flexibility index (Phi) is 5.26. The SMILES string of the molecule is COc1ccc(C)cc1Nc1nccc(Nc2ccc(Cl)c(Cl)c2)n1. The molecule has 0 aliphatic carbocycles. The number of anilines is 4. The molecule has 3 aromatic rings. The smallest absolute Gasteiger partial charge is 0.229 e. The lowest BCUT2D eigenvalue weighted by atomic mass is 10.2. The predicted molar refractivity (Wildman–Crippen MR) is 103 cm³/mol. The van der Waals surface area contributed by atoms with Crippen molar-refractivity contribution in [2.75, 3.05) is 17.7 Å². The van der Waals surface area contributed by atoms with Gasteiger partial charge in [0.15, 0.2) is 0 Å². The Balaban J connectivity index is 1.82. The maximum Gasteiger partial charge on any atom is 0.229 e. The molecule has 25 heavy (non-hydrogen) atoms. The third-order valence-electron chi connectivity index (χ3n) is 3.45. The summed E-state index contributed by atoms with van der Waals surface area (Å²) in [6.07, 6.45) is 1.66. The number of aromatic nitrogens is 2. The first-order valence-electron chi connectivity index (χ1n) is 7.52. The molecule has 0 fully saturated rings. The summed E-state index contributed by atoms with van der Waals surface area (Å²) in [6, 6.07) is 12.9. The van der Waals surface area contributed by atoms with Gasteiger partial charge in [-0.1, -0.05) is 29.3 Å². The number of aryl methyl sites for hydroxylation is 1. The van der Waals surface area contributed by atoms with Crippen molar-refractivity contribution < 1.29 is 4.74 Å². The zero-order valence-corrected chi connectivity index (χ0v) is 15.2. The van der Waals surface area contributed by atoms with E-state index in [2.05, 4.69) is 20.6 Å². The van der Waals surface area contributed by atoms with Crippen molar-refractivity contribution in [2.45, 2.75) is 6.92 Å². The van der Waals surface area contributed by atoms with Gasteiger partial charge in [-0.25, -0.2) is 4.98 Å². The zero-order chi connectivity index (χ0) is 17.8. The third kappa shape index (κ3) is 4.32. The van der Waals surface area contributed by atoms with Gasteiger partial charge < -0.3 is 15.4 Å². The van der Waals surface area contributed by atoms with E-state index < -0.39 is 0 Å². The fourth-order valence-electron chi connectivity index (χ4n) is 2.25. The Morgan fingerprint density at radius 2 is 1.80 bits per heavy atom. The van der Waals surface area contributed by atoms with Gasteiger partial charge in [-0.2, -0.15) is 4.98 Å². The molecular weight excluding hydrogens is 359 g/mol. The lowest BCUT2D eigenvalue weighted by Gasteiger charge is -2.12. The lowest BCUT2D eigenvalue weighted by Crippen LogP contribution is -2.02. The molecule has 0 amide bonds. The van der Waals surface area contributed by atoms with Gasteiger partial charge in [-0.05, 0) is 48.9 Å². The molecule has 7 heteroatoms. The monoisotopic (exact) mass is 374 g/mol. The van der Waals surface area contributed by atoms with Gasteiger partial charge in [0.05, 0.1) is 22.8 Å². The van der Waals surface area contributed by atoms with Gasteiger partial charge in [0, 0.05) is 11.9 Å². The predicted octanol–water partition coefficient (Wildman–Crippen LogP) is 5.59. The number of hydrogen-bond donors (Lipinski definition) is 2. The van der Waals surface area contributed by atoms with E-state index in [0.717, 1.165) is 22.7 Å². The minimum absolute atomic E-state index is 0.453. The topological polar surface area (TPSA) is 59.1 Å². The largest absolute Gasteiger partial charge is 0.495 e. The number of ether oxygens (including phenoxy) is 1. The number of benzene rings is 2. The van der Waals surface area contributed by atoms with E-state index in [0.29, 0.717) is 21.8 Å². The summed E-state index contributed by atoms with van der Waals surface area (Å²) in [6.45, 7) is 2.01. The summed E-state index contributed by atoms with van der Waals surface area (Å²) in [4.78, 5) is 8.70. The summed E-state index contributed by atoms with van der Waals surface area (Å²) in [5.74, 6) is 1.80. The van der Waals surface area contributed by atoms with Crippen LogP contribution < -0.4 is 15.4 Å². The first-order chi connectivity index (χ1) is 12.0. The maximum atomic E-state index is 6.04. The first kappa shape index (κ1) is 17.3. The van der Waals surface area contributed by atoms with E-state index in [-0.39, 0.29) is 0 Å². The van der Waals surface area contributed by atoms with Crippen LogP contribution in [0.25, 0.3) is 0 Å². The van der Waals surface area contributed by atoms with Crippen molar-refractivity contribution in [3.05, 3.63) is 64.3 Å². The van der Waals surface area contributed by atoms with Gasteiger partial charge in [0.1, 0.15) is 11.6 Å². The zero-order valence-electron chi connectivity index (χ0n) is 13.7. The summed E-state index contributed by atoms with van der Waals surface area (Å²) >= 11 is 12.0. The Hall–Kier alpha value is -2.50. The lowest BCUT2D eigenvalue weighted by molar-refractivity contribution is 0.416. The fourth-order valence-corrected chi connectivity index (χ4v) is 2.55. The van der Waals surface area contributed by atoms with Crippen molar-refractivity contribution in [1.82, 2.24) is 9.97 Å². The molecule has 0 spiro atoms. The Labute approximate surface area is 156 Å². The van der Waals surface area contributed by atoms with E-state index in [4.69, 9.17) is 27.9 Å². The van der Waals surface area contributed by atoms with Crippen LogP contribution in [0.3, 0.4) is 0 Å². The molecule has 1 aromatic heterocycles. The highest BCUT2D eigenvalue weighted by atomic mass is 35.5. The summed E-state index contributed by atoms with van der Waals surface area (Å²) in [5, 5.41) is 7.33. The second kappa shape index (κ2) is 7.59. The Morgan fingerprint density at radius 1 is 0.960 bits per heavy atom. The van der Waals surface area contributed by atoms with Crippen molar-refractivity contribution >= 4 is 46.3 Å². The second-order valence-electron chi connectivity index (χ2n) is 5.35. The van der Waals surface area contributed by atoms with Crippen molar-refractivity contribution in [2.24, 2.45) is 0 Å². The van der Waals surface area contributed by atoms with Gasteiger partial charge in [-0.15, -0.1) is 0 Å². The Morgan fingerprint density at radius 3 is 2.56 bits per heavy atom. The van der Waals surface area contributed by atoms with Crippen LogP contribution in [-0.2, 0) is 0 Å². The molecule has 0 saturated carbocycles. The fraction of sp³-hybridized carbons (Fsp3) is 0.111. The molecule has 0 saturated heterocycles. The molecule has 0 unspecified atom stereocenters. The van der Waals surface area contributed by atoms with Crippen molar-refractivity contribution in [3.63, 3.8) is 0 Å². The molecule has 3 rings (SSSR count). The molecule has 1 heterocycles. The van der Waals surface area contributed by atoms with E-state index in [1.54, 1.807) is 31.5 Å². The van der Waals surface area contributed by atoms with Crippen LogP contribution in [0, 0.1) is 6.92 Å². The molecule has 2 aromatic carbocycles. The molecule has 0 aliphatic rings. The number of rotatable bonds is 5. The molecule has 2 N–H and O–H groups in total. The van der Waals surface area contributed by atoms with Crippen molar-refractivity contribution in [3.8, 4) is 5.75 Å². The van der Waals surface area contributed by atoms with Crippen LogP contribution in [0.2, 0.25) is 10.0 Å².